The van der Waals surface area contributed by atoms with Crippen molar-refractivity contribution < 1.29 is 0 Å². The van der Waals surface area contributed by atoms with E-state index in [0.717, 1.165) is 20.2 Å². The van der Waals surface area contributed by atoms with Crippen LogP contribution in [-0.4, -0.2) is 0 Å². The Morgan fingerprint density at radius 3 is 2.50 bits per heavy atom. The molecule has 0 aliphatic rings. The van der Waals surface area contributed by atoms with Gasteiger partial charge in [-0.3, -0.25) is 0 Å². The minimum Gasteiger partial charge on any atom is -0.359 e. The van der Waals surface area contributed by atoms with Crippen LogP contribution in [0.25, 0.3) is 0 Å². The molecular formula is C11H7Br2N3. The lowest BCUT2D eigenvalue weighted by atomic mass is 10.2. The lowest BCUT2D eigenvalue weighted by molar-refractivity contribution is 1.37. The van der Waals surface area contributed by atoms with Crippen molar-refractivity contribution >= 4 is 37.5 Å². The number of rotatable bonds is 2. The van der Waals surface area contributed by atoms with Crippen LogP contribution in [0.15, 0.2) is 32.9 Å². The maximum absolute atomic E-state index is 8.57. The Balaban J connectivity index is 3.02. The van der Waals surface area contributed by atoms with Gasteiger partial charge < -0.3 is 5.32 Å². The highest BCUT2D eigenvalue weighted by Crippen LogP contribution is 2.31. The van der Waals surface area contributed by atoms with Crippen molar-refractivity contribution in [1.82, 2.24) is 0 Å². The largest absolute Gasteiger partial charge is 0.359 e. The quantitative estimate of drug-likeness (QED) is 0.831. The summed E-state index contributed by atoms with van der Waals surface area (Å²) in [4.78, 5) is 0. The van der Waals surface area contributed by atoms with Crippen molar-refractivity contribution in [2.24, 2.45) is 0 Å². The number of hydrogen-bond acceptors (Lipinski definition) is 3. The minimum absolute atomic E-state index is 0.0347. The summed E-state index contributed by atoms with van der Waals surface area (Å²) < 4.78 is 1.89. The molecule has 0 unspecified atom stereocenters. The van der Waals surface area contributed by atoms with Gasteiger partial charge in [0.2, 0.25) is 0 Å². The molecule has 0 atom stereocenters. The molecule has 0 fully saturated rings. The number of allylic oxidation sites excluding steroid dienone is 1. The van der Waals surface area contributed by atoms with E-state index in [4.69, 9.17) is 10.5 Å². The van der Waals surface area contributed by atoms with E-state index < -0.39 is 0 Å². The lowest BCUT2D eigenvalue weighted by Gasteiger charge is -2.08. The average molecular weight is 341 g/mol. The normalized spacial score (nSPS) is 8.81. The molecule has 1 aromatic rings. The Labute approximate surface area is 111 Å². The summed E-state index contributed by atoms with van der Waals surface area (Å²) >= 11 is 6.85. The zero-order valence-corrected chi connectivity index (χ0v) is 11.6. The summed E-state index contributed by atoms with van der Waals surface area (Å²) in [5.74, 6) is 0. The second-order valence-corrected chi connectivity index (χ2v) is 4.61. The highest BCUT2D eigenvalue weighted by Gasteiger charge is 2.04. The number of hydrogen-bond donors (Lipinski definition) is 1. The van der Waals surface area contributed by atoms with Crippen molar-refractivity contribution in [3.8, 4) is 12.1 Å². The molecule has 0 bridgehead atoms. The van der Waals surface area contributed by atoms with Crippen LogP contribution >= 0.6 is 31.9 Å². The third-order valence-electron chi connectivity index (χ3n) is 1.93. The number of halogens is 2. The van der Waals surface area contributed by atoms with Gasteiger partial charge >= 0.3 is 0 Å². The molecule has 0 aliphatic heterocycles. The molecule has 0 spiro atoms. The van der Waals surface area contributed by atoms with E-state index in [1.807, 2.05) is 19.1 Å². The second kappa shape index (κ2) is 5.69. The molecule has 5 heteroatoms. The first-order chi connectivity index (χ1) is 7.60. The summed E-state index contributed by atoms with van der Waals surface area (Å²) in [5, 5.41) is 20.1. The van der Waals surface area contributed by atoms with Crippen molar-refractivity contribution in [3.63, 3.8) is 0 Å². The molecule has 1 aromatic carbocycles. The maximum Gasteiger partial charge on any atom is 0.145 e. The van der Waals surface area contributed by atoms with Gasteiger partial charge in [0, 0.05) is 15.1 Å². The van der Waals surface area contributed by atoms with Crippen molar-refractivity contribution in [1.29, 1.82) is 10.5 Å². The Bertz CT molecular complexity index is 505. The molecule has 1 N–H and O–H groups in total. The minimum atomic E-state index is 0.0347. The van der Waals surface area contributed by atoms with Crippen LogP contribution < -0.4 is 5.32 Å². The Morgan fingerprint density at radius 1 is 1.31 bits per heavy atom. The molecule has 0 saturated heterocycles. The van der Waals surface area contributed by atoms with Gasteiger partial charge in [-0.1, -0.05) is 15.9 Å². The molecule has 80 valence electrons. The van der Waals surface area contributed by atoms with E-state index in [0.29, 0.717) is 0 Å². The molecule has 3 nitrogen and oxygen atoms in total. The van der Waals surface area contributed by atoms with E-state index in [9.17, 15) is 0 Å². The molecule has 16 heavy (non-hydrogen) atoms. The standard InChI is InChI=1S/C11H7Br2N3/c1-7-9(12)2-3-10(11(7)13)16-6-8(4-14)5-15/h2-3,6,16H,1H3. The molecule has 0 radical (unpaired) electrons. The molecule has 0 saturated carbocycles. The Hall–Kier alpha value is -1.30. The van der Waals surface area contributed by atoms with E-state index in [-0.39, 0.29) is 5.57 Å². The topological polar surface area (TPSA) is 59.6 Å². The third-order valence-corrected chi connectivity index (χ3v) is 3.81. The summed E-state index contributed by atoms with van der Waals surface area (Å²) in [6.45, 7) is 1.96. The smallest absolute Gasteiger partial charge is 0.145 e. The molecule has 1 rings (SSSR count). The molecular weight excluding hydrogens is 334 g/mol. The zero-order chi connectivity index (χ0) is 12.1. The first-order valence-electron chi connectivity index (χ1n) is 4.31. The monoisotopic (exact) mass is 339 g/mol. The van der Waals surface area contributed by atoms with Crippen LogP contribution in [0, 0.1) is 29.6 Å². The second-order valence-electron chi connectivity index (χ2n) is 2.96. The van der Waals surface area contributed by atoms with E-state index in [1.54, 1.807) is 12.1 Å². The number of nitrogens with zero attached hydrogens (tertiary/aromatic N) is 2. The molecule has 0 amide bonds. The molecule has 0 aromatic heterocycles. The van der Waals surface area contributed by atoms with Crippen LogP contribution in [0.4, 0.5) is 5.69 Å². The number of nitriles is 2. The van der Waals surface area contributed by atoms with Gasteiger partial charge in [-0.2, -0.15) is 10.5 Å². The van der Waals surface area contributed by atoms with E-state index in [2.05, 4.69) is 37.2 Å². The van der Waals surface area contributed by atoms with Crippen molar-refractivity contribution in [2.45, 2.75) is 6.92 Å². The highest BCUT2D eigenvalue weighted by molar-refractivity contribution is 9.11. The van der Waals surface area contributed by atoms with Crippen LogP contribution in [0.3, 0.4) is 0 Å². The fourth-order valence-electron chi connectivity index (χ4n) is 1.01. The van der Waals surface area contributed by atoms with Gasteiger partial charge in [0.05, 0.1) is 5.69 Å². The van der Waals surface area contributed by atoms with Crippen molar-refractivity contribution in [3.05, 3.63) is 38.4 Å². The SMILES string of the molecule is Cc1c(Br)ccc(NC=C(C#N)C#N)c1Br. The number of nitrogens with one attached hydrogen (secondary N) is 1. The lowest BCUT2D eigenvalue weighted by Crippen LogP contribution is -1.93. The van der Waals surface area contributed by atoms with Gasteiger partial charge in [0.15, 0.2) is 0 Å². The van der Waals surface area contributed by atoms with Gasteiger partial charge in [-0.15, -0.1) is 0 Å². The van der Waals surface area contributed by atoms with Crippen LogP contribution in [0.1, 0.15) is 5.56 Å². The van der Waals surface area contributed by atoms with Crippen LogP contribution in [-0.2, 0) is 0 Å². The number of benzene rings is 1. The third kappa shape index (κ3) is 2.85. The Morgan fingerprint density at radius 2 is 1.94 bits per heavy atom. The van der Waals surface area contributed by atoms with Gasteiger partial charge in [-0.05, 0) is 40.5 Å². The fourth-order valence-corrected chi connectivity index (χ4v) is 2.07. The predicted molar refractivity (Wildman–Crippen MR) is 69.5 cm³/mol. The first kappa shape index (κ1) is 12.8. The summed E-state index contributed by atoms with van der Waals surface area (Å²) in [6.07, 6.45) is 1.38. The summed E-state index contributed by atoms with van der Waals surface area (Å²) in [5.41, 5.74) is 1.89. The molecule has 0 aliphatic carbocycles. The predicted octanol–water partition coefficient (Wildman–Crippen LogP) is 3.86. The van der Waals surface area contributed by atoms with E-state index >= 15 is 0 Å². The van der Waals surface area contributed by atoms with Gasteiger partial charge in [-0.25, -0.2) is 0 Å². The fraction of sp³-hybridized carbons (Fsp3) is 0.0909. The average Bonchev–Trinajstić information content (AvgIpc) is 2.30. The summed E-state index contributed by atoms with van der Waals surface area (Å²) in [6, 6.07) is 7.31. The van der Waals surface area contributed by atoms with Crippen LogP contribution in [0.5, 0.6) is 0 Å². The van der Waals surface area contributed by atoms with Crippen molar-refractivity contribution in [2.75, 3.05) is 5.32 Å². The van der Waals surface area contributed by atoms with Gasteiger partial charge in [0.25, 0.3) is 0 Å². The maximum atomic E-state index is 8.57. The molecule has 0 heterocycles. The van der Waals surface area contributed by atoms with Crippen LogP contribution in [0.2, 0.25) is 0 Å². The highest BCUT2D eigenvalue weighted by atomic mass is 79.9. The Kier molecular flexibility index (Phi) is 4.54. The summed E-state index contributed by atoms with van der Waals surface area (Å²) in [7, 11) is 0. The first-order valence-corrected chi connectivity index (χ1v) is 5.90. The number of anilines is 1. The van der Waals surface area contributed by atoms with E-state index in [1.165, 1.54) is 6.20 Å². The zero-order valence-electron chi connectivity index (χ0n) is 8.38. The van der Waals surface area contributed by atoms with Gasteiger partial charge in [0.1, 0.15) is 17.7 Å².